The first-order valence-corrected chi connectivity index (χ1v) is 7.87. The zero-order valence-corrected chi connectivity index (χ0v) is 13.0. The number of nitrogens with zero attached hydrogens (tertiary/aromatic N) is 3. The molecule has 1 aliphatic rings. The van der Waals surface area contributed by atoms with Gasteiger partial charge < -0.3 is 0 Å². The Morgan fingerprint density at radius 2 is 1.96 bits per heavy atom. The Morgan fingerprint density at radius 3 is 2.87 bits per heavy atom. The summed E-state index contributed by atoms with van der Waals surface area (Å²) in [5.74, 6) is 0.589. The molecule has 0 aliphatic heterocycles. The average molecular weight is 303 g/mol. The molecule has 4 heteroatoms. The van der Waals surface area contributed by atoms with E-state index in [0.29, 0.717) is 16.7 Å². The van der Waals surface area contributed by atoms with Crippen LogP contribution in [0.1, 0.15) is 28.9 Å². The molecule has 114 valence electrons. The monoisotopic (exact) mass is 303 g/mol. The third-order valence-electron chi connectivity index (χ3n) is 4.36. The van der Waals surface area contributed by atoms with E-state index in [-0.39, 0.29) is 5.56 Å². The molecule has 2 aromatic carbocycles. The van der Waals surface area contributed by atoms with Gasteiger partial charge in [0, 0.05) is 0 Å². The molecule has 4 rings (SSSR count). The van der Waals surface area contributed by atoms with Crippen molar-refractivity contribution in [1.29, 1.82) is 0 Å². The maximum Gasteiger partial charge on any atom is 0.282 e. The summed E-state index contributed by atoms with van der Waals surface area (Å²) in [6.45, 7) is 1.80. The van der Waals surface area contributed by atoms with Gasteiger partial charge in [-0.15, -0.1) is 0 Å². The van der Waals surface area contributed by atoms with Gasteiger partial charge in [0.2, 0.25) is 0 Å². The van der Waals surface area contributed by atoms with E-state index in [4.69, 9.17) is 0 Å². The molecule has 1 heterocycles. The SMILES string of the molecule is Cc1nc2ccccc2c(=O)n1/N=C/c1ccc2c(c1)CCC2. The molecule has 0 N–H and O–H groups in total. The van der Waals surface area contributed by atoms with Crippen molar-refractivity contribution < 1.29 is 0 Å². The Morgan fingerprint density at radius 1 is 1.13 bits per heavy atom. The molecule has 23 heavy (non-hydrogen) atoms. The van der Waals surface area contributed by atoms with E-state index in [1.165, 1.54) is 28.6 Å². The van der Waals surface area contributed by atoms with E-state index in [1.54, 1.807) is 19.2 Å². The average Bonchev–Trinajstić information content (AvgIpc) is 3.02. The molecular formula is C19H17N3O. The Balaban J connectivity index is 1.76. The molecule has 0 amide bonds. The zero-order chi connectivity index (χ0) is 15.8. The zero-order valence-electron chi connectivity index (χ0n) is 13.0. The highest BCUT2D eigenvalue weighted by Gasteiger charge is 2.10. The number of aryl methyl sites for hydroxylation is 3. The van der Waals surface area contributed by atoms with Crippen molar-refractivity contribution in [2.24, 2.45) is 5.10 Å². The van der Waals surface area contributed by atoms with Crippen LogP contribution in [0.15, 0.2) is 52.4 Å². The van der Waals surface area contributed by atoms with Crippen molar-refractivity contribution in [3.63, 3.8) is 0 Å². The molecule has 1 aliphatic carbocycles. The minimum Gasteiger partial charge on any atom is -0.267 e. The molecule has 0 atom stereocenters. The quantitative estimate of drug-likeness (QED) is 0.683. The molecule has 4 nitrogen and oxygen atoms in total. The van der Waals surface area contributed by atoms with Crippen LogP contribution in [0.2, 0.25) is 0 Å². The van der Waals surface area contributed by atoms with Gasteiger partial charge in [0.1, 0.15) is 5.82 Å². The number of aromatic nitrogens is 2. The molecule has 1 aromatic heterocycles. The van der Waals surface area contributed by atoms with Crippen LogP contribution in [0, 0.1) is 6.92 Å². The molecule has 0 fully saturated rings. The maximum absolute atomic E-state index is 12.6. The summed E-state index contributed by atoms with van der Waals surface area (Å²) in [5, 5.41) is 4.96. The number of hydrogen-bond acceptors (Lipinski definition) is 3. The number of hydrogen-bond donors (Lipinski definition) is 0. The van der Waals surface area contributed by atoms with Crippen LogP contribution >= 0.6 is 0 Å². The summed E-state index contributed by atoms with van der Waals surface area (Å²) in [6.07, 6.45) is 5.26. The van der Waals surface area contributed by atoms with Crippen molar-refractivity contribution in [1.82, 2.24) is 9.66 Å². The summed E-state index contributed by atoms with van der Waals surface area (Å²) in [5.41, 5.74) is 4.42. The van der Waals surface area contributed by atoms with Gasteiger partial charge in [-0.05, 0) is 61.1 Å². The summed E-state index contributed by atoms with van der Waals surface area (Å²) in [4.78, 5) is 17.0. The predicted molar refractivity (Wildman–Crippen MR) is 92.2 cm³/mol. The van der Waals surface area contributed by atoms with E-state index >= 15 is 0 Å². The molecule has 3 aromatic rings. The smallest absolute Gasteiger partial charge is 0.267 e. The third-order valence-corrected chi connectivity index (χ3v) is 4.36. The van der Waals surface area contributed by atoms with Gasteiger partial charge in [-0.2, -0.15) is 9.78 Å². The van der Waals surface area contributed by atoms with Gasteiger partial charge in [-0.3, -0.25) is 4.79 Å². The van der Waals surface area contributed by atoms with Crippen molar-refractivity contribution in [3.8, 4) is 0 Å². The lowest BCUT2D eigenvalue weighted by Gasteiger charge is -2.05. The van der Waals surface area contributed by atoms with Crippen LogP contribution in [-0.4, -0.2) is 15.9 Å². The lowest BCUT2D eigenvalue weighted by molar-refractivity contribution is 0.771. The van der Waals surface area contributed by atoms with E-state index in [1.807, 2.05) is 18.2 Å². The Kier molecular flexibility index (Phi) is 3.30. The number of benzene rings is 2. The molecular weight excluding hydrogens is 286 g/mol. The minimum atomic E-state index is -0.134. The van der Waals surface area contributed by atoms with Crippen LogP contribution in [0.3, 0.4) is 0 Å². The molecule has 0 spiro atoms. The van der Waals surface area contributed by atoms with Crippen molar-refractivity contribution >= 4 is 17.1 Å². The van der Waals surface area contributed by atoms with Gasteiger partial charge in [0.15, 0.2) is 0 Å². The molecule has 0 saturated carbocycles. The lowest BCUT2D eigenvalue weighted by Crippen LogP contribution is -2.20. The first-order valence-electron chi connectivity index (χ1n) is 7.87. The van der Waals surface area contributed by atoms with E-state index in [2.05, 4.69) is 28.3 Å². The van der Waals surface area contributed by atoms with Gasteiger partial charge in [0.05, 0.1) is 17.1 Å². The first kappa shape index (κ1) is 13.9. The Bertz CT molecular complexity index is 986. The fraction of sp³-hybridized carbons (Fsp3) is 0.211. The molecule has 0 bridgehead atoms. The normalized spacial score (nSPS) is 13.8. The largest absolute Gasteiger partial charge is 0.282 e. The van der Waals surface area contributed by atoms with Gasteiger partial charge in [-0.1, -0.05) is 24.3 Å². The summed E-state index contributed by atoms with van der Waals surface area (Å²) in [7, 11) is 0. The van der Waals surface area contributed by atoms with Crippen LogP contribution in [0.25, 0.3) is 10.9 Å². The fourth-order valence-electron chi connectivity index (χ4n) is 3.17. The number of fused-ring (bicyclic) bond motifs is 2. The first-order chi connectivity index (χ1) is 11.2. The maximum atomic E-state index is 12.6. The van der Waals surface area contributed by atoms with E-state index in [9.17, 15) is 4.79 Å². The molecule has 0 unspecified atom stereocenters. The number of rotatable bonds is 2. The topological polar surface area (TPSA) is 47.2 Å². The van der Waals surface area contributed by atoms with Crippen molar-refractivity contribution in [3.05, 3.63) is 75.3 Å². The molecule has 0 radical (unpaired) electrons. The van der Waals surface area contributed by atoms with Gasteiger partial charge in [0.25, 0.3) is 5.56 Å². The molecule has 0 saturated heterocycles. The fourth-order valence-corrected chi connectivity index (χ4v) is 3.17. The second kappa shape index (κ2) is 5.47. The second-order valence-corrected chi connectivity index (χ2v) is 5.92. The van der Waals surface area contributed by atoms with E-state index < -0.39 is 0 Å². The second-order valence-electron chi connectivity index (χ2n) is 5.92. The summed E-state index contributed by atoms with van der Waals surface area (Å²) in [6, 6.07) is 13.7. The van der Waals surface area contributed by atoms with Crippen LogP contribution in [-0.2, 0) is 12.8 Å². The highest BCUT2D eigenvalue weighted by molar-refractivity contribution is 5.81. The van der Waals surface area contributed by atoms with Crippen molar-refractivity contribution in [2.75, 3.05) is 0 Å². The number of para-hydroxylation sites is 1. The highest BCUT2D eigenvalue weighted by atomic mass is 16.1. The summed E-state index contributed by atoms with van der Waals surface area (Å²) < 4.78 is 1.37. The Hall–Kier alpha value is -2.75. The van der Waals surface area contributed by atoms with Crippen LogP contribution < -0.4 is 5.56 Å². The summed E-state index contributed by atoms with van der Waals surface area (Å²) >= 11 is 0. The predicted octanol–water partition coefficient (Wildman–Crippen LogP) is 3.08. The third kappa shape index (κ3) is 2.46. The Labute approximate surface area is 134 Å². The van der Waals surface area contributed by atoms with Crippen LogP contribution in [0.5, 0.6) is 0 Å². The van der Waals surface area contributed by atoms with Crippen molar-refractivity contribution in [2.45, 2.75) is 26.2 Å². The van der Waals surface area contributed by atoms with Gasteiger partial charge in [-0.25, -0.2) is 4.98 Å². The van der Waals surface area contributed by atoms with Crippen LogP contribution in [0.4, 0.5) is 0 Å². The lowest BCUT2D eigenvalue weighted by atomic mass is 10.1. The minimum absolute atomic E-state index is 0.134. The van der Waals surface area contributed by atoms with Gasteiger partial charge >= 0.3 is 0 Å². The van der Waals surface area contributed by atoms with E-state index in [0.717, 1.165) is 12.0 Å². The standard InChI is InChI=1S/C19H17N3O/c1-13-21-18-8-3-2-7-17(18)19(23)22(13)20-12-14-9-10-15-5-4-6-16(15)11-14/h2-3,7-12H,4-6H2,1H3/b20-12+. The highest BCUT2D eigenvalue weighted by Crippen LogP contribution is 2.22.